The van der Waals surface area contributed by atoms with Crippen LogP contribution in [0.5, 0.6) is 0 Å². The second kappa shape index (κ2) is 6.85. The Morgan fingerprint density at radius 1 is 1.35 bits per heavy atom. The van der Waals surface area contributed by atoms with E-state index in [0.717, 1.165) is 37.2 Å². The van der Waals surface area contributed by atoms with Crippen LogP contribution in [0.2, 0.25) is 0 Å². The molecule has 0 aliphatic heterocycles. The van der Waals surface area contributed by atoms with Crippen LogP contribution in [0.15, 0.2) is 18.2 Å². The molecule has 0 bridgehead atoms. The van der Waals surface area contributed by atoms with Gasteiger partial charge < -0.3 is 10.1 Å². The summed E-state index contributed by atoms with van der Waals surface area (Å²) in [5.74, 6) is 0. The third-order valence-corrected chi connectivity index (χ3v) is 2.38. The fourth-order valence-corrected chi connectivity index (χ4v) is 1.57. The fourth-order valence-electron chi connectivity index (χ4n) is 1.57. The first-order chi connectivity index (χ1) is 8.13. The number of ether oxygens (including phenoxy) is 1. The van der Waals surface area contributed by atoms with Crippen LogP contribution in [0.1, 0.15) is 18.4 Å². The molecule has 0 fully saturated rings. The van der Waals surface area contributed by atoms with Gasteiger partial charge in [-0.15, -0.1) is 0 Å². The SMILES string of the molecule is COCCCCNc1cc(C)cc([N+](=O)[O-])c1. The number of hydrogen-bond donors (Lipinski definition) is 1. The van der Waals surface area contributed by atoms with Crippen molar-refractivity contribution in [3.63, 3.8) is 0 Å². The monoisotopic (exact) mass is 238 g/mol. The molecule has 1 N–H and O–H groups in total. The second-order valence-corrected chi connectivity index (χ2v) is 3.94. The molecule has 17 heavy (non-hydrogen) atoms. The number of nitro benzene ring substituents is 1. The van der Waals surface area contributed by atoms with Gasteiger partial charge in [0, 0.05) is 38.1 Å². The number of aryl methyl sites for hydroxylation is 1. The van der Waals surface area contributed by atoms with Gasteiger partial charge in [-0.3, -0.25) is 10.1 Å². The van der Waals surface area contributed by atoms with E-state index in [1.807, 2.05) is 13.0 Å². The van der Waals surface area contributed by atoms with Gasteiger partial charge in [-0.1, -0.05) is 0 Å². The van der Waals surface area contributed by atoms with Crippen LogP contribution in [0.3, 0.4) is 0 Å². The van der Waals surface area contributed by atoms with Crippen molar-refractivity contribution >= 4 is 11.4 Å². The molecular weight excluding hydrogens is 220 g/mol. The maximum Gasteiger partial charge on any atom is 0.271 e. The maximum atomic E-state index is 10.7. The Balaban J connectivity index is 2.50. The standard InChI is InChI=1S/C12H18N2O3/c1-10-7-11(9-12(8-10)14(15)16)13-5-3-4-6-17-2/h7-9,13H,3-6H2,1-2H3. The van der Waals surface area contributed by atoms with Crippen LogP contribution in [0, 0.1) is 17.0 Å². The van der Waals surface area contributed by atoms with Crippen LogP contribution >= 0.6 is 0 Å². The molecule has 0 radical (unpaired) electrons. The van der Waals surface area contributed by atoms with Gasteiger partial charge in [0.15, 0.2) is 0 Å². The summed E-state index contributed by atoms with van der Waals surface area (Å²) in [7, 11) is 1.68. The van der Waals surface area contributed by atoms with Crippen LogP contribution in [0.4, 0.5) is 11.4 Å². The van der Waals surface area contributed by atoms with Crippen LogP contribution in [-0.2, 0) is 4.74 Å². The zero-order valence-corrected chi connectivity index (χ0v) is 10.2. The summed E-state index contributed by atoms with van der Waals surface area (Å²) < 4.78 is 4.95. The molecule has 0 aliphatic rings. The van der Waals surface area contributed by atoms with E-state index in [1.165, 1.54) is 0 Å². The van der Waals surface area contributed by atoms with Crippen molar-refractivity contribution in [3.8, 4) is 0 Å². The Morgan fingerprint density at radius 2 is 2.12 bits per heavy atom. The zero-order chi connectivity index (χ0) is 12.7. The number of benzene rings is 1. The van der Waals surface area contributed by atoms with Crippen LogP contribution in [-0.4, -0.2) is 25.2 Å². The number of nitrogens with one attached hydrogen (secondary N) is 1. The van der Waals surface area contributed by atoms with E-state index in [0.29, 0.717) is 0 Å². The Labute approximate surface area is 101 Å². The number of methoxy groups -OCH3 is 1. The molecule has 0 saturated carbocycles. The minimum absolute atomic E-state index is 0.129. The molecule has 0 atom stereocenters. The molecule has 5 nitrogen and oxygen atoms in total. The molecule has 1 rings (SSSR count). The maximum absolute atomic E-state index is 10.7. The minimum Gasteiger partial charge on any atom is -0.385 e. The minimum atomic E-state index is -0.372. The number of anilines is 1. The van der Waals surface area contributed by atoms with E-state index in [9.17, 15) is 10.1 Å². The average molecular weight is 238 g/mol. The summed E-state index contributed by atoms with van der Waals surface area (Å²) in [6, 6.07) is 5.03. The fraction of sp³-hybridized carbons (Fsp3) is 0.500. The highest BCUT2D eigenvalue weighted by atomic mass is 16.6. The summed E-state index contributed by atoms with van der Waals surface area (Å²) in [5, 5.41) is 13.9. The summed E-state index contributed by atoms with van der Waals surface area (Å²) in [5.41, 5.74) is 1.82. The number of unbranched alkanes of at least 4 members (excludes halogenated alkanes) is 1. The van der Waals surface area contributed by atoms with Gasteiger partial charge in [0.1, 0.15) is 0 Å². The molecule has 0 amide bonds. The zero-order valence-electron chi connectivity index (χ0n) is 10.2. The molecule has 0 unspecified atom stereocenters. The highest BCUT2D eigenvalue weighted by molar-refractivity contribution is 5.53. The highest BCUT2D eigenvalue weighted by Gasteiger charge is 2.07. The van der Waals surface area contributed by atoms with Gasteiger partial charge in [-0.05, 0) is 31.4 Å². The topological polar surface area (TPSA) is 64.4 Å². The Kier molecular flexibility index (Phi) is 5.42. The van der Waals surface area contributed by atoms with E-state index in [4.69, 9.17) is 4.74 Å². The normalized spacial score (nSPS) is 10.2. The molecular formula is C12H18N2O3. The first kappa shape index (κ1) is 13.4. The second-order valence-electron chi connectivity index (χ2n) is 3.94. The van der Waals surface area contributed by atoms with Gasteiger partial charge in [0.25, 0.3) is 5.69 Å². The Morgan fingerprint density at radius 3 is 2.76 bits per heavy atom. The molecule has 0 spiro atoms. The third-order valence-electron chi connectivity index (χ3n) is 2.38. The first-order valence-electron chi connectivity index (χ1n) is 5.62. The van der Waals surface area contributed by atoms with Crippen molar-refractivity contribution < 1.29 is 9.66 Å². The first-order valence-corrected chi connectivity index (χ1v) is 5.62. The largest absolute Gasteiger partial charge is 0.385 e. The van der Waals surface area contributed by atoms with Crippen molar-refractivity contribution in [1.82, 2.24) is 0 Å². The molecule has 0 aliphatic carbocycles. The predicted octanol–water partition coefficient (Wildman–Crippen LogP) is 2.74. The van der Waals surface area contributed by atoms with Crippen LogP contribution < -0.4 is 5.32 Å². The number of nitrogens with zero attached hydrogens (tertiary/aromatic N) is 1. The van der Waals surface area contributed by atoms with E-state index < -0.39 is 0 Å². The van der Waals surface area contributed by atoms with Crippen molar-refractivity contribution in [1.29, 1.82) is 0 Å². The summed E-state index contributed by atoms with van der Waals surface area (Å²) in [6.07, 6.45) is 1.97. The lowest BCUT2D eigenvalue weighted by Crippen LogP contribution is -2.03. The number of rotatable bonds is 7. The molecule has 1 aromatic carbocycles. The van der Waals surface area contributed by atoms with Gasteiger partial charge in [0.05, 0.1) is 4.92 Å². The van der Waals surface area contributed by atoms with Crippen molar-refractivity contribution in [3.05, 3.63) is 33.9 Å². The van der Waals surface area contributed by atoms with Crippen molar-refractivity contribution in [2.24, 2.45) is 0 Å². The van der Waals surface area contributed by atoms with Gasteiger partial charge in [0.2, 0.25) is 0 Å². The lowest BCUT2D eigenvalue weighted by Gasteiger charge is -2.07. The van der Waals surface area contributed by atoms with E-state index >= 15 is 0 Å². The van der Waals surface area contributed by atoms with Crippen LogP contribution in [0.25, 0.3) is 0 Å². The Bertz CT molecular complexity index is 380. The molecule has 1 aromatic rings. The van der Waals surface area contributed by atoms with Gasteiger partial charge >= 0.3 is 0 Å². The highest BCUT2D eigenvalue weighted by Crippen LogP contribution is 2.20. The molecule has 0 saturated heterocycles. The Hall–Kier alpha value is -1.62. The molecule has 94 valence electrons. The number of non-ortho nitro benzene ring substituents is 1. The van der Waals surface area contributed by atoms with E-state index in [-0.39, 0.29) is 10.6 Å². The number of nitro groups is 1. The third kappa shape index (κ3) is 4.82. The van der Waals surface area contributed by atoms with E-state index in [1.54, 1.807) is 19.2 Å². The quantitative estimate of drug-likeness (QED) is 0.450. The summed E-state index contributed by atoms with van der Waals surface area (Å²) in [4.78, 5) is 10.3. The van der Waals surface area contributed by atoms with Crippen molar-refractivity contribution in [2.45, 2.75) is 19.8 Å². The van der Waals surface area contributed by atoms with E-state index in [2.05, 4.69) is 5.32 Å². The van der Waals surface area contributed by atoms with Crippen molar-refractivity contribution in [2.75, 3.05) is 25.6 Å². The molecule has 0 aromatic heterocycles. The van der Waals surface area contributed by atoms with Gasteiger partial charge in [-0.2, -0.15) is 0 Å². The van der Waals surface area contributed by atoms with Gasteiger partial charge in [-0.25, -0.2) is 0 Å². The molecule has 0 heterocycles. The summed E-state index contributed by atoms with van der Waals surface area (Å²) >= 11 is 0. The predicted molar refractivity (Wildman–Crippen MR) is 67.4 cm³/mol. The smallest absolute Gasteiger partial charge is 0.271 e. The summed E-state index contributed by atoms with van der Waals surface area (Å²) in [6.45, 7) is 3.39. The lowest BCUT2D eigenvalue weighted by atomic mass is 10.2. The number of hydrogen-bond acceptors (Lipinski definition) is 4. The lowest BCUT2D eigenvalue weighted by molar-refractivity contribution is -0.384. The average Bonchev–Trinajstić information content (AvgIpc) is 2.28. The molecule has 5 heteroatoms.